The standard InChI is InChI=1S/C12H15FN6/c13-9-4-10(6-15-5-9)18-11-16-7-17-12(14,19-11)8-2-1-3-8/h4-8H,1-3,14H2,(H2,16,17,18,19). The van der Waals surface area contributed by atoms with Crippen LogP contribution in [0, 0.1) is 11.7 Å². The van der Waals surface area contributed by atoms with Crippen LogP contribution in [0.3, 0.4) is 0 Å². The van der Waals surface area contributed by atoms with Crippen molar-refractivity contribution in [3.8, 4) is 0 Å². The van der Waals surface area contributed by atoms with Gasteiger partial charge in [-0.3, -0.25) is 10.7 Å². The lowest BCUT2D eigenvalue weighted by atomic mass is 9.80. The van der Waals surface area contributed by atoms with Gasteiger partial charge in [0.2, 0.25) is 11.7 Å². The van der Waals surface area contributed by atoms with E-state index >= 15 is 0 Å². The molecule has 0 bridgehead atoms. The maximum atomic E-state index is 13.1. The van der Waals surface area contributed by atoms with Gasteiger partial charge >= 0.3 is 0 Å². The van der Waals surface area contributed by atoms with Crippen LogP contribution in [0.4, 0.5) is 10.1 Å². The molecule has 100 valence electrons. The number of halogens is 1. The molecule has 1 aliphatic carbocycles. The van der Waals surface area contributed by atoms with Crippen molar-refractivity contribution in [2.24, 2.45) is 21.6 Å². The van der Waals surface area contributed by atoms with E-state index in [1.54, 1.807) is 0 Å². The van der Waals surface area contributed by atoms with Gasteiger partial charge in [-0.05, 0) is 12.8 Å². The maximum absolute atomic E-state index is 13.1. The number of nitrogens with two attached hydrogens (primary N) is 1. The molecule has 0 radical (unpaired) electrons. The van der Waals surface area contributed by atoms with Gasteiger partial charge in [0.25, 0.3) is 0 Å². The molecule has 1 aromatic heterocycles. The van der Waals surface area contributed by atoms with Crippen molar-refractivity contribution >= 4 is 18.0 Å². The number of aliphatic imine (C=N–C) groups is 2. The first-order valence-electron chi connectivity index (χ1n) is 6.22. The summed E-state index contributed by atoms with van der Waals surface area (Å²) in [6.45, 7) is 0. The molecule has 0 aromatic carbocycles. The monoisotopic (exact) mass is 262 g/mol. The average Bonchev–Trinajstić information content (AvgIpc) is 2.25. The third-order valence-electron chi connectivity index (χ3n) is 3.44. The van der Waals surface area contributed by atoms with Crippen LogP contribution in [0.5, 0.6) is 0 Å². The van der Waals surface area contributed by atoms with Crippen LogP contribution < -0.4 is 16.4 Å². The average molecular weight is 262 g/mol. The lowest BCUT2D eigenvalue weighted by molar-refractivity contribution is 0.180. The van der Waals surface area contributed by atoms with E-state index in [9.17, 15) is 4.39 Å². The molecule has 7 heteroatoms. The normalized spacial score (nSPS) is 26.3. The van der Waals surface area contributed by atoms with Crippen molar-refractivity contribution in [3.05, 3.63) is 24.3 Å². The molecule has 0 spiro atoms. The zero-order valence-electron chi connectivity index (χ0n) is 10.3. The highest BCUT2D eigenvalue weighted by atomic mass is 19.1. The van der Waals surface area contributed by atoms with Gasteiger partial charge in [0.1, 0.15) is 5.82 Å². The molecule has 19 heavy (non-hydrogen) atoms. The van der Waals surface area contributed by atoms with Gasteiger partial charge in [-0.1, -0.05) is 6.42 Å². The third kappa shape index (κ3) is 2.41. The van der Waals surface area contributed by atoms with Crippen LogP contribution in [-0.2, 0) is 0 Å². The van der Waals surface area contributed by atoms with E-state index in [1.165, 1.54) is 25.0 Å². The Bertz CT molecular complexity index is 539. The molecule has 1 aromatic rings. The summed E-state index contributed by atoms with van der Waals surface area (Å²) in [5.74, 6) is -0.592. The van der Waals surface area contributed by atoms with Gasteiger partial charge < -0.3 is 10.6 Å². The molecule has 2 aliphatic rings. The lowest BCUT2D eigenvalue weighted by Gasteiger charge is -2.38. The van der Waals surface area contributed by atoms with Gasteiger partial charge in [0.15, 0.2) is 0 Å². The van der Waals surface area contributed by atoms with Crippen LogP contribution in [0.1, 0.15) is 19.3 Å². The summed E-state index contributed by atoms with van der Waals surface area (Å²) in [6, 6.07) is 1.34. The topological polar surface area (TPSA) is 87.7 Å². The van der Waals surface area contributed by atoms with Crippen molar-refractivity contribution < 1.29 is 4.39 Å². The highest BCUT2D eigenvalue weighted by Gasteiger charge is 2.39. The van der Waals surface area contributed by atoms with E-state index < -0.39 is 11.6 Å². The second-order valence-corrected chi connectivity index (χ2v) is 4.79. The smallest absolute Gasteiger partial charge is 0.210 e. The fraction of sp³-hybridized carbons (Fsp3) is 0.417. The fourth-order valence-corrected chi connectivity index (χ4v) is 2.15. The molecule has 4 N–H and O–H groups in total. The highest BCUT2D eigenvalue weighted by Crippen LogP contribution is 2.36. The number of hydrogen-bond acceptors (Lipinski definition) is 6. The maximum Gasteiger partial charge on any atom is 0.210 e. The van der Waals surface area contributed by atoms with Gasteiger partial charge in [0.05, 0.1) is 24.4 Å². The van der Waals surface area contributed by atoms with E-state index in [2.05, 4.69) is 25.6 Å². The minimum Gasteiger partial charge on any atom is -0.324 e. The Balaban J connectivity index is 1.77. The molecule has 1 aliphatic heterocycles. The third-order valence-corrected chi connectivity index (χ3v) is 3.44. The van der Waals surface area contributed by atoms with E-state index in [0.29, 0.717) is 11.6 Å². The quantitative estimate of drug-likeness (QED) is 0.743. The number of hydrogen-bond donors (Lipinski definition) is 3. The van der Waals surface area contributed by atoms with Gasteiger partial charge in [0, 0.05) is 12.0 Å². The van der Waals surface area contributed by atoms with E-state index in [1.807, 2.05) is 0 Å². The second-order valence-electron chi connectivity index (χ2n) is 4.79. The van der Waals surface area contributed by atoms with E-state index in [0.717, 1.165) is 19.0 Å². The molecule has 3 rings (SSSR count). The molecular formula is C12H15FN6. The molecule has 6 nitrogen and oxygen atoms in total. The Kier molecular flexibility index (Phi) is 2.90. The van der Waals surface area contributed by atoms with Crippen molar-refractivity contribution in [3.63, 3.8) is 0 Å². The first-order chi connectivity index (χ1) is 9.16. The van der Waals surface area contributed by atoms with Crippen molar-refractivity contribution in [1.29, 1.82) is 0 Å². The minimum absolute atomic E-state index is 0.272. The predicted octanol–water partition coefficient (Wildman–Crippen LogP) is 1.03. The van der Waals surface area contributed by atoms with Crippen LogP contribution >= 0.6 is 0 Å². The van der Waals surface area contributed by atoms with Gasteiger partial charge in [-0.15, -0.1) is 0 Å². The van der Waals surface area contributed by atoms with Crippen LogP contribution in [0.2, 0.25) is 0 Å². The first kappa shape index (κ1) is 12.0. The molecule has 1 fully saturated rings. The lowest BCUT2D eigenvalue weighted by Crippen LogP contribution is -2.52. The Labute approximate surface area is 110 Å². The molecule has 1 unspecified atom stereocenters. The second kappa shape index (κ2) is 4.58. The molecule has 2 heterocycles. The number of aromatic nitrogens is 1. The largest absolute Gasteiger partial charge is 0.324 e. The fourth-order valence-electron chi connectivity index (χ4n) is 2.15. The molecule has 0 saturated heterocycles. The van der Waals surface area contributed by atoms with Gasteiger partial charge in [-0.2, -0.15) is 0 Å². The molecular weight excluding hydrogens is 247 g/mol. The van der Waals surface area contributed by atoms with Crippen molar-refractivity contribution in [2.75, 3.05) is 5.32 Å². The Morgan fingerprint density at radius 3 is 2.95 bits per heavy atom. The summed E-state index contributed by atoms with van der Waals surface area (Å²) in [6.07, 6.45) is 7.42. The van der Waals surface area contributed by atoms with E-state index in [4.69, 9.17) is 5.73 Å². The summed E-state index contributed by atoms with van der Waals surface area (Å²) in [4.78, 5) is 12.4. The minimum atomic E-state index is -0.910. The first-order valence-corrected chi connectivity index (χ1v) is 6.22. The highest BCUT2D eigenvalue weighted by molar-refractivity contribution is 6.01. The summed E-state index contributed by atoms with van der Waals surface area (Å²) < 4.78 is 13.1. The Morgan fingerprint density at radius 1 is 1.42 bits per heavy atom. The number of pyridine rings is 1. The number of nitrogens with zero attached hydrogens (tertiary/aromatic N) is 3. The number of guanidine groups is 1. The zero-order valence-corrected chi connectivity index (χ0v) is 10.3. The predicted molar refractivity (Wildman–Crippen MR) is 71.1 cm³/mol. The molecule has 1 atom stereocenters. The summed E-state index contributed by atoms with van der Waals surface area (Å²) in [5.41, 5.74) is 6.69. The van der Waals surface area contributed by atoms with Crippen LogP contribution in [0.25, 0.3) is 0 Å². The zero-order chi connectivity index (χ0) is 13.3. The molecule has 0 amide bonds. The van der Waals surface area contributed by atoms with E-state index in [-0.39, 0.29) is 5.92 Å². The number of rotatable bonds is 2. The van der Waals surface area contributed by atoms with Crippen LogP contribution in [-0.4, -0.2) is 23.1 Å². The van der Waals surface area contributed by atoms with Crippen molar-refractivity contribution in [1.82, 2.24) is 10.3 Å². The van der Waals surface area contributed by atoms with Gasteiger partial charge in [-0.25, -0.2) is 14.4 Å². The van der Waals surface area contributed by atoms with Crippen molar-refractivity contribution in [2.45, 2.75) is 25.0 Å². The SMILES string of the molecule is NC1(C2CCC2)N=CNC(Nc2cncc(F)c2)=N1. The Morgan fingerprint density at radius 2 is 2.26 bits per heavy atom. The summed E-state index contributed by atoms with van der Waals surface area (Å²) in [5, 5.41) is 5.81. The number of anilines is 1. The van der Waals surface area contributed by atoms with Crippen LogP contribution in [0.15, 0.2) is 28.4 Å². The molecule has 1 saturated carbocycles. The Hall–Kier alpha value is -2.02. The summed E-state index contributed by atoms with van der Waals surface area (Å²) >= 11 is 0. The summed E-state index contributed by atoms with van der Waals surface area (Å²) in [7, 11) is 0. The number of nitrogens with one attached hydrogen (secondary N) is 2.